The molecule has 0 radical (unpaired) electrons. The maximum Gasteiger partial charge on any atom is 0.153 e. The van der Waals surface area contributed by atoms with Crippen LogP contribution in [-0.2, 0) is 7.05 Å². The third-order valence-corrected chi connectivity index (χ3v) is 4.73. The third kappa shape index (κ3) is 4.06. The van der Waals surface area contributed by atoms with Crippen molar-refractivity contribution >= 4 is 17.2 Å². The predicted octanol–water partition coefficient (Wildman–Crippen LogP) is 2.95. The first kappa shape index (κ1) is 19.7. The molecule has 0 saturated heterocycles. The van der Waals surface area contributed by atoms with Crippen molar-refractivity contribution in [2.45, 2.75) is 13.8 Å². The molecule has 0 aliphatic carbocycles. The van der Waals surface area contributed by atoms with Gasteiger partial charge >= 0.3 is 0 Å². The minimum Gasteiger partial charge on any atom is -0.494 e. The average molecular weight is 406 g/mol. The molecule has 9 nitrogen and oxygen atoms in total. The summed E-state index contributed by atoms with van der Waals surface area (Å²) < 4.78 is 7.63. The molecule has 3 aromatic rings. The number of rotatable bonds is 6. The molecule has 3 N–H and O–H groups in total. The molecule has 0 fully saturated rings. The van der Waals surface area contributed by atoms with Crippen LogP contribution in [0, 0.1) is 13.8 Å². The van der Waals surface area contributed by atoms with Gasteiger partial charge in [-0.3, -0.25) is 4.68 Å². The number of aromatic nitrogens is 4. The summed E-state index contributed by atoms with van der Waals surface area (Å²) in [5, 5.41) is 13.5. The summed E-state index contributed by atoms with van der Waals surface area (Å²) in [5.41, 5.74) is 8.51. The quantitative estimate of drug-likeness (QED) is 0.576. The van der Waals surface area contributed by atoms with Gasteiger partial charge in [0.1, 0.15) is 17.3 Å². The van der Waals surface area contributed by atoms with Crippen molar-refractivity contribution in [2.24, 2.45) is 7.05 Å². The number of nitrogens with zero attached hydrogens (tertiary/aromatic N) is 5. The Morgan fingerprint density at radius 1 is 1.10 bits per heavy atom. The number of nitrogens with one attached hydrogen (secondary N) is 3. The van der Waals surface area contributed by atoms with Crippen molar-refractivity contribution in [3.8, 4) is 17.0 Å². The molecule has 0 atom stereocenters. The van der Waals surface area contributed by atoms with E-state index in [0.717, 1.165) is 46.4 Å². The second-order valence-corrected chi connectivity index (χ2v) is 7.29. The smallest absolute Gasteiger partial charge is 0.153 e. The Morgan fingerprint density at radius 3 is 2.57 bits per heavy atom. The minimum absolute atomic E-state index is 0.705. The Labute approximate surface area is 175 Å². The van der Waals surface area contributed by atoms with Gasteiger partial charge in [0.25, 0.3) is 0 Å². The van der Waals surface area contributed by atoms with Crippen molar-refractivity contribution < 1.29 is 4.74 Å². The van der Waals surface area contributed by atoms with Gasteiger partial charge in [0.2, 0.25) is 0 Å². The highest BCUT2D eigenvalue weighted by Gasteiger charge is 2.20. The molecule has 0 spiro atoms. The lowest BCUT2D eigenvalue weighted by molar-refractivity contribution is 0.329. The second kappa shape index (κ2) is 8.03. The van der Waals surface area contributed by atoms with Crippen LogP contribution >= 0.6 is 0 Å². The first-order valence-electron chi connectivity index (χ1n) is 9.66. The number of aryl methyl sites for hydroxylation is 3. The van der Waals surface area contributed by atoms with Gasteiger partial charge in [0.15, 0.2) is 5.75 Å². The van der Waals surface area contributed by atoms with Crippen LogP contribution in [0.2, 0.25) is 0 Å². The van der Waals surface area contributed by atoms with Crippen molar-refractivity contribution in [2.75, 3.05) is 31.3 Å². The van der Waals surface area contributed by atoms with E-state index >= 15 is 0 Å². The topological polar surface area (TPSA) is 92.2 Å². The molecule has 4 rings (SSSR count). The molecule has 3 heterocycles. The highest BCUT2D eigenvalue weighted by molar-refractivity contribution is 5.88. The number of hydrazine groups is 1. The van der Waals surface area contributed by atoms with E-state index in [1.807, 2.05) is 69.6 Å². The fraction of sp³-hybridized carbons (Fsp3) is 0.286. The fourth-order valence-corrected chi connectivity index (χ4v) is 3.47. The maximum atomic E-state index is 5.86. The van der Waals surface area contributed by atoms with Gasteiger partial charge < -0.3 is 20.8 Å². The second-order valence-electron chi connectivity index (χ2n) is 7.29. The number of hydrogen-bond donors (Lipinski definition) is 3. The number of anilines is 3. The standard InChI is InChI=1S/C21H26N8O/c1-13-10-19(24-14(2)23-13)26-18-7-6-16(17-8-9-28(3)27-17)21(30-5)20(18)25-15-11-22-29(4)12-15/h6-11,22,25H,12H2,1-5H3,(H,23,24,26). The summed E-state index contributed by atoms with van der Waals surface area (Å²) in [5.74, 6) is 2.15. The molecule has 0 amide bonds. The van der Waals surface area contributed by atoms with Crippen molar-refractivity contribution in [1.82, 2.24) is 30.2 Å². The SMILES string of the molecule is COc1c(-c2ccn(C)n2)ccc(Nc2cc(C)nc(C)n2)c1NC1=CNN(C)C1. The van der Waals surface area contributed by atoms with Gasteiger partial charge in [-0.15, -0.1) is 0 Å². The largest absolute Gasteiger partial charge is 0.494 e. The van der Waals surface area contributed by atoms with Gasteiger partial charge in [-0.25, -0.2) is 15.0 Å². The fourth-order valence-electron chi connectivity index (χ4n) is 3.47. The monoisotopic (exact) mass is 406 g/mol. The van der Waals surface area contributed by atoms with Crippen molar-refractivity contribution in [1.29, 1.82) is 0 Å². The third-order valence-electron chi connectivity index (χ3n) is 4.73. The first-order chi connectivity index (χ1) is 14.4. The highest BCUT2D eigenvalue weighted by atomic mass is 16.5. The number of hydrogen-bond acceptors (Lipinski definition) is 8. The van der Waals surface area contributed by atoms with Crippen LogP contribution in [0.15, 0.2) is 42.4 Å². The summed E-state index contributed by atoms with van der Waals surface area (Å²) in [4.78, 5) is 8.87. The van der Waals surface area contributed by atoms with Crippen LogP contribution in [0.1, 0.15) is 11.5 Å². The molecule has 0 saturated carbocycles. The molecule has 9 heteroatoms. The van der Waals surface area contributed by atoms with Crippen molar-refractivity contribution in [3.63, 3.8) is 0 Å². The molecule has 1 aromatic carbocycles. The summed E-state index contributed by atoms with van der Waals surface area (Å²) in [6, 6.07) is 7.90. The molecular formula is C21H26N8O. The summed E-state index contributed by atoms with van der Waals surface area (Å²) in [7, 11) is 5.55. The van der Waals surface area contributed by atoms with E-state index in [1.165, 1.54) is 0 Å². The number of methoxy groups -OCH3 is 1. The predicted molar refractivity (Wildman–Crippen MR) is 117 cm³/mol. The summed E-state index contributed by atoms with van der Waals surface area (Å²) in [6.07, 6.45) is 3.86. The van der Waals surface area contributed by atoms with E-state index < -0.39 is 0 Å². The van der Waals surface area contributed by atoms with E-state index in [9.17, 15) is 0 Å². The van der Waals surface area contributed by atoms with Gasteiger partial charge in [-0.05, 0) is 32.0 Å². The molecular weight excluding hydrogens is 380 g/mol. The number of benzene rings is 1. The summed E-state index contributed by atoms with van der Waals surface area (Å²) in [6.45, 7) is 4.57. The van der Waals surface area contributed by atoms with Crippen LogP contribution in [0.4, 0.5) is 17.2 Å². The van der Waals surface area contributed by atoms with Crippen LogP contribution in [-0.4, -0.2) is 45.5 Å². The normalized spacial score (nSPS) is 13.7. The molecule has 30 heavy (non-hydrogen) atoms. The van der Waals surface area contributed by atoms with E-state index in [0.29, 0.717) is 11.6 Å². The lowest BCUT2D eigenvalue weighted by atomic mass is 10.1. The zero-order valence-corrected chi connectivity index (χ0v) is 17.8. The molecule has 1 aliphatic heterocycles. The molecule has 156 valence electrons. The first-order valence-corrected chi connectivity index (χ1v) is 9.66. The number of likely N-dealkylation sites (N-methyl/N-ethyl adjacent to an activating group) is 1. The van der Waals surface area contributed by atoms with E-state index in [1.54, 1.807) is 11.8 Å². The minimum atomic E-state index is 0.705. The Kier molecular flexibility index (Phi) is 5.28. The van der Waals surface area contributed by atoms with E-state index in [-0.39, 0.29) is 0 Å². The van der Waals surface area contributed by atoms with Gasteiger partial charge in [0.05, 0.1) is 25.0 Å². The van der Waals surface area contributed by atoms with Crippen LogP contribution in [0.5, 0.6) is 5.75 Å². The Hall–Kier alpha value is -3.59. The highest BCUT2D eigenvalue weighted by Crippen LogP contribution is 2.42. The lowest BCUT2D eigenvalue weighted by Crippen LogP contribution is -2.25. The average Bonchev–Trinajstić information content (AvgIpc) is 3.30. The number of ether oxygens (including phenoxy) is 1. The zero-order valence-electron chi connectivity index (χ0n) is 17.8. The Morgan fingerprint density at radius 2 is 1.93 bits per heavy atom. The van der Waals surface area contributed by atoms with Gasteiger partial charge in [-0.1, -0.05) is 0 Å². The molecule has 2 aromatic heterocycles. The molecule has 0 unspecified atom stereocenters. The lowest BCUT2D eigenvalue weighted by Gasteiger charge is -2.20. The van der Waals surface area contributed by atoms with Crippen molar-refractivity contribution in [3.05, 3.63) is 53.9 Å². The zero-order chi connectivity index (χ0) is 21.3. The summed E-state index contributed by atoms with van der Waals surface area (Å²) >= 11 is 0. The van der Waals surface area contributed by atoms with E-state index in [2.05, 4.69) is 31.1 Å². The molecule has 0 bridgehead atoms. The van der Waals surface area contributed by atoms with Crippen LogP contribution in [0.3, 0.4) is 0 Å². The Bertz CT molecular complexity index is 1080. The van der Waals surface area contributed by atoms with Gasteiger partial charge in [0, 0.05) is 49.5 Å². The molecule has 1 aliphatic rings. The van der Waals surface area contributed by atoms with E-state index in [4.69, 9.17) is 4.74 Å². The van der Waals surface area contributed by atoms with Crippen LogP contribution in [0.25, 0.3) is 11.3 Å². The Balaban J connectivity index is 1.79. The van der Waals surface area contributed by atoms with Gasteiger partial charge in [-0.2, -0.15) is 5.10 Å². The maximum absolute atomic E-state index is 5.86. The van der Waals surface area contributed by atoms with Crippen LogP contribution < -0.4 is 20.8 Å².